The molecule has 0 saturated heterocycles. The molecule has 5 N–H and O–H groups in total. The smallest absolute Gasteiger partial charge is 0.0637 e. The second kappa shape index (κ2) is 23.7. The lowest BCUT2D eigenvalue weighted by Crippen LogP contribution is -2.63. The van der Waals surface area contributed by atoms with E-state index in [2.05, 4.69) is 39.9 Å². The van der Waals surface area contributed by atoms with Crippen molar-refractivity contribution in [1.29, 1.82) is 0 Å². The van der Waals surface area contributed by atoms with Crippen molar-refractivity contribution in [3.63, 3.8) is 0 Å². The van der Waals surface area contributed by atoms with Crippen molar-refractivity contribution in [3.05, 3.63) is 0 Å². The summed E-state index contributed by atoms with van der Waals surface area (Å²) < 4.78 is 20.5. The van der Waals surface area contributed by atoms with Gasteiger partial charge in [0.25, 0.3) is 0 Å². The summed E-state index contributed by atoms with van der Waals surface area (Å²) in [6.07, 6.45) is 30.8. The topological polar surface area (TPSA) is 91.8 Å². The van der Waals surface area contributed by atoms with Crippen LogP contribution in [0.5, 0.6) is 0 Å². The maximum Gasteiger partial charge on any atom is 0.0637 e. The molecule has 0 aromatic carbocycles. The highest BCUT2D eigenvalue weighted by Crippen LogP contribution is 2.69. The van der Waals surface area contributed by atoms with Crippen molar-refractivity contribution in [3.8, 4) is 0 Å². The Morgan fingerprint density at radius 1 is 0.654 bits per heavy atom. The summed E-state index contributed by atoms with van der Waals surface area (Å²) in [4.78, 5) is 0. The molecule has 4 fully saturated rings. The molecule has 0 bridgehead atoms. The highest BCUT2D eigenvalue weighted by molar-refractivity contribution is 5.15. The largest absolute Gasteiger partial charge is 0.378 e. The van der Waals surface area contributed by atoms with E-state index in [1.54, 1.807) is 0 Å². The molecule has 4 aliphatic rings. The second-order valence-corrected chi connectivity index (χ2v) is 18.7. The fraction of sp³-hybridized carbons (Fsp3) is 1.00. The average Bonchev–Trinajstić information content (AvgIpc) is 3.50. The van der Waals surface area contributed by atoms with Crippen LogP contribution >= 0.6 is 0 Å². The van der Waals surface area contributed by atoms with Gasteiger partial charge in [0.2, 0.25) is 0 Å². The van der Waals surface area contributed by atoms with Gasteiger partial charge in [0, 0.05) is 25.2 Å². The lowest BCUT2D eigenvalue weighted by Gasteiger charge is -2.65. The Hall–Kier alpha value is -0.240. The van der Waals surface area contributed by atoms with Crippen LogP contribution in [0.3, 0.4) is 0 Å². The first-order chi connectivity index (χ1) is 25.3. The molecule has 4 aliphatic carbocycles. The molecule has 0 heterocycles. The predicted molar refractivity (Wildman–Crippen MR) is 221 cm³/mol. The molecule has 6 nitrogen and oxygen atoms in total. The number of nitrogens with two attached hydrogens (primary N) is 2. The van der Waals surface area contributed by atoms with Gasteiger partial charge in [0.15, 0.2) is 0 Å². The third-order valence-corrected chi connectivity index (χ3v) is 15.4. The summed E-state index contributed by atoms with van der Waals surface area (Å²) in [6, 6.07) is 0. The first-order valence-electron chi connectivity index (χ1n) is 23.3. The Morgan fingerprint density at radius 3 is 1.98 bits per heavy atom. The minimum atomic E-state index is 0.205. The first-order valence-corrected chi connectivity index (χ1v) is 23.3. The summed E-state index contributed by atoms with van der Waals surface area (Å²) in [6.45, 7) is 18.8. The first kappa shape index (κ1) is 44.5. The van der Waals surface area contributed by atoms with Gasteiger partial charge in [-0.3, -0.25) is 0 Å². The van der Waals surface area contributed by atoms with Crippen LogP contribution in [-0.2, 0) is 14.2 Å². The summed E-state index contributed by atoms with van der Waals surface area (Å²) in [5, 5.41) is 3.81. The van der Waals surface area contributed by atoms with Crippen molar-refractivity contribution in [2.75, 3.05) is 46.0 Å². The van der Waals surface area contributed by atoms with Gasteiger partial charge in [-0.25, -0.2) is 0 Å². The number of nitrogens with one attached hydrogen (secondary N) is 1. The Morgan fingerprint density at radius 2 is 1.29 bits per heavy atom. The van der Waals surface area contributed by atoms with Crippen LogP contribution in [0.2, 0.25) is 0 Å². The number of fused-ring (bicyclic) bond motifs is 5. The van der Waals surface area contributed by atoms with Crippen molar-refractivity contribution >= 4 is 0 Å². The maximum atomic E-state index is 7.07. The maximum absolute atomic E-state index is 7.07. The molecule has 0 aromatic rings. The van der Waals surface area contributed by atoms with Gasteiger partial charge < -0.3 is 31.0 Å². The minimum Gasteiger partial charge on any atom is -0.378 e. The van der Waals surface area contributed by atoms with Crippen molar-refractivity contribution in [2.24, 2.45) is 57.8 Å². The zero-order valence-corrected chi connectivity index (χ0v) is 35.3. The Balaban J connectivity index is 1.36. The monoisotopic (exact) mass is 732 g/mol. The van der Waals surface area contributed by atoms with Crippen molar-refractivity contribution in [1.82, 2.24) is 5.32 Å². The van der Waals surface area contributed by atoms with Crippen LogP contribution < -0.4 is 16.8 Å². The third kappa shape index (κ3) is 11.9. The van der Waals surface area contributed by atoms with E-state index in [9.17, 15) is 0 Å². The average molecular weight is 732 g/mol. The van der Waals surface area contributed by atoms with Gasteiger partial charge in [-0.2, -0.15) is 0 Å². The molecule has 3 unspecified atom stereocenters. The molecule has 11 atom stereocenters. The van der Waals surface area contributed by atoms with Crippen LogP contribution in [0.15, 0.2) is 0 Å². The Bertz CT molecular complexity index is 937. The number of unbranched alkanes of at least 4 members (excludes halogenated alkanes) is 10. The van der Waals surface area contributed by atoms with E-state index in [0.29, 0.717) is 60.5 Å². The lowest BCUT2D eigenvalue weighted by molar-refractivity contribution is -0.227. The number of ether oxygens (including phenoxy) is 3. The van der Waals surface area contributed by atoms with E-state index in [4.69, 9.17) is 25.7 Å². The number of rotatable bonds is 28. The van der Waals surface area contributed by atoms with E-state index < -0.39 is 0 Å². The molecule has 52 heavy (non-hydrogen) atoms. The van der Waals surface area contributed by atoms with Gasteiger partial charge in [0.1, 0.15) is 0 Å². The molecule has 4 rings (SSSR count). The van der Waals surface area contributed by atoms with Crippen molar-refractivity contribution < 1.29 is 14.2 Å². The quantitative estimate of drug-likeness (QED) is 0.0694. The van der Waals surface area contributed by atoms with E-state index in [1.165, 1.54) is 148 Å². The van der Waals surface area contributed by atoms with Gasteiger partial charge in [0.05, 0.1) is 18.3 Å². The molecule has 306 valence electrons. The Labute approximate surface area is 323 Å². The molecular weight excluding hydrogens is 643 g/mol. The number of hydrogen-bond acceptors (Lipinski definition) is 6. The van der Waals surface area contributed by atoms with Crippen LogP contribution in [0.4, 0.5) is 0 Å². The molecule has 0 aliphatic heterocycles. The third-order valence-electron chi connectivity index (χ3n) is 15.4. The second-order valence-electron chi connectivity index (χ2n) is 18.7. The number of hydrogen-bond donors (Lipinski definition) is 3. The van der Waals surface area contributed by atoms with E-state index >= 15 is 0 Å². The molecule has 0 spiro atoms. The van der Waals surface area contributed by atoms with Crippen LogP contribution in [0, 0.1) is 46.3 Å². The molecule has 0 aromatic heterocycles. The molecule has 0 radical (unpaired) electrons. The molecule has 6 heteroatoms. The van der Waals surface area contributed by atoms with E-state index in [1.807, 2.05) is 0 Å². The molecule has 0 amide bonds. The fourth-order valence-corrected chi connectivity index (χ4v) is 12.3. The highest BCUT2D eigenvalue weighted by Gasteiger charge is 2.66. The van der Waals surface area contributed by atoms with Crippen molar-refractivity contribution in [2.45, 2.75) is 201 Å². The SMILES string of the molecule is CCCCCCCCCCCCNCCCC(C)[C@H]1CC[C@H]2C3[C@H](OCCCC)CC4C[C@H](OCCCN)CC[C@]4(C)[C@H]3C[C@H](OCCCN)[C@]12C. The van der Waals surface area contributed by atoms with Crippen LogP contribution in [-0.4, -0.2) is 64.3 Å². The summed E-state index contributed by atoms with van der Waals surface area (Å²) in [5.74, 6) is 4.09. The van der Waals surface area contributed by atoms with Crippen LogP contribution in [0.1, 0.15) is 182 Å². The summed E-state index contributed by atoms with van der Waals surface area (Å²) in [5.41, 5.74) is 12.4. The molecular formula is C46H89N3O3. The summed E-state index contributed by atoms with van der Waals surface area (Å²) >= 11 is 0. The fourth-order valence-electron chi connectivity index (χ4n) is 12.3. The van der Waals surface area contributed by atoms with Gasteiger partial charge in [-0.1, -0.05) is 98.8 Å². The Kier molecular flexibility index (Phi) is 20.3. The van der Waals surface area contributed by atoms with E-state index in [0.717, 1.165) is 44.5 Å². The van der Waals surface area contributed by atoms with Gasteiger partial charge >= 0.3 is 0 Å². The zero-order chi connectivity index (χ0) is 37.2. The van der Waals surface area contributed by atoms with E-state index in [-0.39, 0.29) is 5.41 Å². The highest BCUT2D eigenvalue weighted by atomic mass is 16.5. The predicted octanol–water partition coefficient (Wildman–Crippen LogP) is 10.4. The lowest BCUT2D eigenvalue weighted by atomic mass is 9.43. The normalized spacial score (nSPS) is 34.9. The standard InChI is InChI=1S/C46H89N3O3/c1-6-8-10-11-12-13-14-15-16-17-28-49-29-18-21-36(3)39-22-23-40-44-41(35-43(46(39,40)5)52-32-20-27-48)45(4)25-24-38(50-31-19-26-47)33-37(45)34-42(44)51-30-9-7-2/h36-44,49H,6-35,47-48H2,1-5H3/t36?,37?,38-,39-,40+,41+,42-,43+,44?,45+,46-/m1/s1. The van der Waals surface area contributed by atoms with Crippen LogP contribution in [0.25, 0.3) is 0 Å². The van der Waals surface area contributed by atoms with Gasteiger partial charge in [-0.05, 0) is 151 Å². The molecule has 4 saturated carbocycles. The zero-order valence-electron chi connectivity index (χ0n) is 35.3. The summed E-state index contributed by atoms with van der Waals surface area (Å²) in [7, 11) is 0. The minimum absolute atomic E-state index is 0.205. The van der Waals surface area contributed by atoms with Gasteiger partial charge in [-0.15, -0.1) is 0 Å².